The third-order valence-electron chi connectivity index (χ3n) is 1.77. The lowest BCUT2D eigenvalue weighted by Crippen LogP contribution is -1.92. The zero-order valence-corrected chi connectivity index (χ0v) is 9.70. The molecule has 0 radical (unpaired) electrons. The zero-order valence-electron chi connectivity index (χ0n) is 8.88. The average molecular weight is 206 g/mol. The molecule has 0 N–H and O–H groups in total. The zero-order chi connectivity index (χ0) is 9.78. The van der Waals surface area contributed by atoms with E-state index in [1.165, 1.54) is 37.2 Å². The number of unbranched alkanes of at least 4 members (excludes halogenated alkanes) is 2. The first-order valence-corrected chi connectivity index (χ1v) is 6.13. The second kappa shape index (κ2) is 12.3. The minimum atomic E-state index is 0.907. The first-order valence-electron chi connectivity index (χ1n) is 4.97. The molecule has 0 rings (SSSR count). The number of thioether (sulfide) groups is 1. The molecule has 0 unspecified atom stereocenters. The van der Waals surface area contributed by atoms with Gasteiger partial charge in [0, 0.05) is 27.4 Å². The van der Waals surface area contributed by atoms with Crippen molar-refractivity contribution in [2.24, 2.45) is 0 Å². The summed E-state index contributed by atoms with van der Waals surface area (Å²) in [6.07, 6.45) is 4.95. The lowest BCUT2D eigenvalue weighted by molar-refractivity contribution is 0.194. The first kappa shape index (κ1) is 13.3. The Bertz CT molecular complexity index is 79.0. The molecule has 0 aromatic carbocycles. The van der Waals surface area contributed by atoms with E-state index in [2.05, 4.69) is 0 Å². The van der Waals surface area contributed by atoms with Crippen LogP contribution in [0.1, 0.15) is 25.7 Å². The van der Waals surface area contributed by atoms with Gasteiger partial charge in [0.05, 0.1) is 0 Å². The summed E-state index contributed by atoms with van der Waals surface area (Å²) in [7, 11) is 3.52. The molecule has 80 valence electrons. The van der Waals surface area contributed by atoms with Gasteiger partial charge in [-0.15, -0.1) is 0 Å². The maximum atomic E-state index is 4.98. The molecule has 0 bridgehead atoms. The molecular formula is C10H22O2S. The molecule has 0 atom stereocenters. The van der Waals surface area contributed by atoms with Crippen molar-refractivity contribution < 1.29 is 9.47 Å². The maximum Gasteiger partial charge on any atom is 0.0462 e. The van der Waals surface area contributed by atoms with Gasteiger partial charge in [-0.05, 0) is 37.2 Å². The molecule has 13 heavy (non-hydrogen) atoms. The van der Waals surface area contributed by atoms with E-state index in [9.17, 15) is 0 Å². The maximum absolute atomic E-state index is 4.98. The van der Waals surface area contributed by atoms with Crippen LogP contribution in [-0.4, -0.2) is 38.9 Å². The summed E-state index contributed by atoms with van der Waals surface area (Å²) in [5.74, 6) is 2.55. The van der Waals surface area contributed by atoms with E-state index in [-0.39, 0.29) is 0 Å². The van der Waals surface area contributed by atoms with Gasteiger partial charge >= 0.3 is 0 Å². The fourth-order valence-corrected chi connectivity index (χ4v) is 2.02. The van der Waals surface area contributed by atoms with E-state index in [1.54, 1.807) is 14.2 Å². The molecule has 0 aromatic heterocycles. The molecular weight excluding hydrogens is 184 g/mol. The molecule has 0 amide bonds. The van der Waals surface area contributed by atoms with E-state index in [1.807, 2.05) is 11.8 Å². The van der Waals surface area contributed by atoms with Crippen molar-refractivity contribution in [1.82, 2.24) is 0 Å². The van der Waals surface area contributed by atoms with Crippen LogP contribution in [0.4, 0.5) is 0 Å². The van der Waals surface area contributed by atoms with Gasteiger partial charge < -0.3 is 9.47 Å². The molecule has 0 aliphatic carbocycles. The van der Waals surface area contributed by atoms with Crippen LogP contribution in [0.5, 0.6) is 0 Å². The van der Waals surface area contributed by atoms with Crippen LogP contribution in [0.3, 0.4) is 0 Å². The number of hydrogen-bond donors (Lipinski definition) is 0. The van der Waals surface area contributed by atoms with Crippen LogP contribution in [0.2, 0.25) is 0 Å². The van der Waals surface area contributed by atoms with E-state index in [0.717, 1.165) is 13.2 Å². The van der Waals surface area contributed by atoms with Crippen molar-refractivity contribution in [2.75, 3.05) is 38.9 Å². The molecule has 0 aliphatic rings. The van der Waals surface area contributed by atoms with Crippen molar-refractivity contribution >= 4 is 11.8 Å². The van der Waals surface area contributed by atoms with Crippen LogP contribution in [0.15, 0.2) is 0 Å². The van der Waals surface area contributed by atoms with Crippen LogP contribution < -0.4 is 0 Å². The summed E-state index contributed by atoms with van der Waals surface area (Å²) < 4.78 is 9.95. The van der Waals surface area contributed by atoms with E-state index in [0.29, 0.717) is 0 Å². The van der Waals surface area contributed by atoms with Gasteiger partial charge in [0.1, 0.15) is 0 Å². The third-order valence-corrected chi connectivity index (χ3v) is 2.93. The molecule has 0 heterocycles. The smallest absolute Gasteiger partial charge is 0.0462 e. The Balaban J connectivity index is 2.76. The fraction of sp³-hybridized carbons (Fsp3) is 1.00. The summed E-state index contributed by atoms with van der Waals surface area (Å²) >= 11 is 2.04. The van der Waals surface area contributed by atoms with Gasteiger partial charge in [0.25, 0.3) is 0 Å². The minimum absolute atomic E-state index is 0.907. The molecule has 0 spiro atoms. The Morgan fingerprint density at radius 2 is 1.23 bits per heavy atom. The van der Waals surface area contributed by atoms with Crippen molar-refractivity contribution in [3.05, 3.63) is 0 Å². The van der Waals surface area contributed by atoms with Crippen molar-refractivity contribution in [3.8, 4) is 0 Å². The Morgan fingerprint density at radius 1 is 0.769 bits per heavy atom. The van der Waals surface area contributed by atoms with E-state index >= 15 is 0 Å². The quantitative estimate of drug-likeness (QED) is 0.512. The summed E-state index contributed by atoms with van der Waals surface area (Å²) in [4.78, 5) is 0. The second-order valence-corrected chi connectivity index (χ2v) is 4.24. The minimum Gasteiger partial charge on any atom is -0.385 e. The van der Waals surface area contributed by atoms with Gasteiger partial charge in [-0.2, -0.15) is 11.8 Å². The summed E-state index contributed by atoms with van der Waals surface area (Å²) in [5, 5.41) is 0. The normalized spacial score (nSPS) is 10.6. The Kier molecular flexibility index (Phi) is 12.5. The standard InChI is InChI=1S/C10H22O2S/c1-11-7-3-5-9-13-10-6-4-8-12-2/h3-10H2,1-2H3. The van der Waals surface area contributed by atoms with Crippen LogP contribution in [0, 0.1) is 0 Å². The predicted molar refractivity (Wildman–Crippen MR) is 59.5 cm³/mol. The lowest BCUT2D eigenvalue weighted by atomic mass is 10.4. The highest BCUT2D eigenvalue weighted by atomic mass is 32.2. The van der Waals surface area contributed by atoms with Gasteiger partial charge in [-0.25, -0.2) is 0 Å². The van der Waals surface area contributed by atoms with Gasteiger partial charge in [0.2, 0.25) is 0 Å². The summed E-state index contributed by atoms with van der Waals surface area (Å²) in [6.45, 7) is 1.81. The highest BCUT2D eigenvalue weighted by molar-refractivity contribution is 7.99. The Labute approximate surface area is 86.4 Å². The molecule has 0 aromatic rings. The van der Waals surface area contributed by atoms with Crippen molar-refractivity contribution in [3.63, 3.8) is 0 Å². The molecule has 2 nitrogen and oxygen atoms in total. The highest BCUT2D eigenvalue weighted by Crippen LogP contribution is 2.07. The van der Waals surface area contributed by atoms with Crippen LogP contribution >= 0.6 is 11.8 Å². The van der Waals surface area contributed by atoms with Gasteiger partial charge in [-0.1, -0.05) is 0 Å². The van der Waals surface area contributed by atoms with Crippen molar-refractivity contribution in [2.45, 2.75) is 25.7 Å². The molecule has 3 heteroatoms. The predicted octanol–water partition coefficient (Wildman–Crippen LogP) is 2.57. The second-order valence-electron chi connectivity index (χ2n) is 3.01. The summed E-state index contributed by atoms with van der Waals surface area (Å²) in [5.41, 5.74) is 0. The molecule has 0 saturated heterocycles. The summed E-state index contributed by atoms with van der Waals surface area (Å²) in [6, 6.07) is 0. The van der Waals surface area contributed by atoms with E-state index in [4.69, 9.17) is 9.47 Å². The lowest BCUT2D eigenvalue weighted by Gasteiger charge is -2.01. The third kappa shape index (κ3) is 12.3. The molecule has 0 saturated carbocycles. The van der Waals surface area contributed by atoms with Gasteiger partial charge in [0.15, 0.2) is 0 Å². The van der Waals surface area contributed by atoms with E-state index < -0.39 is 0 Å². The largest absolute Gasteiger partial charge is 0.385 e. The number of rotatable bonds is 10. The average Bonchev–Trinajstić information content (AvgIpc) is 2.16. The monoisotopic (exact) mass is 206 g/mol. The molecule has 0 aliphatic heterocycles. The van der Waals surface area contributed by atoms with Gasteiger partial charge in [-0.3, -0.25) is 0 Å². The fourth-order valence-electron chi connectivity index (χ4n) is 1.00. The number of methoxy groups -OCH3 is 2. The first-order chi connectivity index (χ1) is 6.41. The SMILES string of the molecule is COCCCCSCCCCOC. The highest BCUT2D eigenvalue weighted by Gasteiger charge is 1.91. The van der Waals surface area contributed by atoms with Crippen molar-refractivity contribution in [1.29, 1.82) is 0 Å². The Hall–Kier alpha value is 0.270. The Morgan fingerprint density at radius 3 is 1.62 bits per heavy atom. The number of hydrogen-bond acceptors (Lipinski definition) is 3. The topological polar surface area (TPSA) is 18.5 Å². The number of ether oxygens (including phenoxy) is 2. The van der Waals surface area contributed by atoms with Crippen LogP contribution in [0.25, 0.3) is 0 Å². The molecule has 0 fully saturated rings. The van der Waals surface area contributed by atoms with Crippen LogP contribution in [-0.2, 0) is 9.47 Å².